The van der Waals surface area contributed by atoms with Gasteiger partial charge in [-0.2, -0.15) is 0 Å². The molecule has 0 heterocycles. The van der Waals surface area contributed by atoms with Crippen LogP contribution in [0.15, 0.2) is 29.3 Å². The van der Waals surface area contributed by atoms with Crippen LogP contribution in [0.5, 0.6) is 0 Å². The lowest BCUT2D eigenvalue weighted by Gasteiger charge is -2.22. The predicted octanol–water partition coefficient (Wildman–Crippen LogP) is 4.34. The van der Waals surface area contributed by atoms with Gasteiger partial charge in [-0.05, 0) is 37.5 Å². The van der Waals surface area contributed by atoms with Crippen molar-refractivity contribution in [3.05, 3.63) is 34.9 Å². The molecule has 1 aromatic rings. The topological polar surface area (TPSA) is 38.4 Å². The zero-order chi connectivity index (χ0) is 13.0. The summed E-state index contributed by atoms with van der Waals surface area (Å²) < 4.78 is 0. The van der Waals surface area contributed by atoms with Gasteiger partial charge in [0.15, 0.2) is 0 Å². The molecule has 0 radical (unpaired) electrons. The van der Waals surface area contributed by atoms with Crippen LogP contribution in [0.2, 0.25) is 5.02 Å². The largest absolute Gasteiger partial charge is 0.387 e. The Bertz CT molecular complexity index is 405. The maximum absolute atomic E-state index is 6.14. The minimum atomic E-state index is 0.115. The lowest BCUT2D eigenvalue weighted by atomic mass is 9.88. The lowest BCUT2D eigenvalue weighted by Crippen LogP contribution is -2.26. The summed E-state index contributed by atoms with van der Waals surface area (Å²) in [6.45, 7) is 2.08. The van der Waals surface area contributed by atoms with E-state index in [1.54, 1.807) is 0 Å². The first-order valence-corrected chi connectivity index (χ1v) is 7.13. The van der Waals surface area contributed by atoms with Crippen molar-refractivity contribution in [2.45, 2.75) is 45.1 Å². The summed E-state index contributed by atoms with van der Waals surface area (Å²) in [5.41, 5.74) is 7.31. The lowest BCUT2D eigenvalue weighted by molar-refractivity contribution is 0.435. The van der Waals surface area contributed by atoms with Crippen molar-refractivity contribution in [2.24, 2.45) is 16.6 Å². The summed E-state index contributed by atoms with van der Waals surface area (Å²) in [7, 11) is 0. The molecule has 0 aromatic heterocycles. The van der Waals surface area contributed by atoms with Crippen molar-refractivity contribution in [3.8, 4) is 0 Å². The number of amidine groups is 1. The fourth-order valence-corrected chi connectivity index (χ4v) is 2.67. The Morgan fingerprint density at radius 2 is 1.83 bits per heavy atom. The van der Waals surface area contributed by atoms with Crippen LogP contribution < -0.4 is 5.73 Å². The normalized spacial score (nSPS) is 19.8. The van der Waals surface area contributed by atoms with Crippen molar-refractivity contribution in [1.29, 1.82) is 0 Å². The van der Waals surface area contributed by atoms with Crippen LogP contribution in [0, 0.1) is 5.92 Å². The zero-order valence-corrected chi connectivity index (χ0v) is 11.7. The quantitative estimate of drug-likeness (QED) is 0.640. The molecule has 1 unspecified atom stereocenters. The fourth-order valence-electron chi connectivity index (χ4n) is 2.54. The molecule has 3 heteroatoms. The van der Waals surface area contributed by atoms with E-state index in [-0.39, 0.29) is 6.04 Å². The highest BCUT2D eigenvalue weighted by Gasteiger charge is 2.17. The molecule has 1 aliphatic carbocycles. The van der Waals surface area contributed by atoms with Gasteiger partial charge in [-0.15, -0.1) is 0 Å². The van der Waals surface area contributed by atoms with Gasteiger partial charge in [0.1, 0.15) is 0 Å². The number of rotatable bonds is 3. The van der Waals surface area contributed by atoms with Crippen molar-refractivity contribution in [1.82, 2.24) is 0 Å². The number of halogens is 1. The number of nitrogens with zero attached hydrogens (tertiary/aromatic N) is 1. The van der Waals surface area contributed by atoms with Gasteiger partial charge in [0.25, 0.3) is 0 Å². The number of nitrogens with two attached hydrogens (primary N) is 1. The number of benzene rings is 1. The van der Waals surface area contributed by atoms with Gasteiger partial charge >= 0.3 is 0 Å². The first-order chi connectivity index (χ1) is 8.66. The Kier molecular flexibility index (Phi) is 4.65. The van der Waals surface area contributed by atoms with E-state index in [2.05, 4.69) is 11.9 Å². The molecule has 0 saturated heterocycles. The predicted molar refractivity (Wildman–Crippen MR) is 78.1 cm³/mol. The number of aliphatic imine (C=N–C) groups is 1. The minimum absolute atomic E-state index is 0.115. The molecule has 0 aliphatic heterocycles. The van der Waals surface area contributed by atoms with Gasteiger partial charge in [-0.3, -0.25) is 4.99 Å². The molecule has 1 atom stereocenters. The highest BCUT2D eigenvalue weighted by molar-refractivity contribution is 6.30. The molecule has 1 aromatic carbocycles. The van der Waals surface area contributed by atoms with Gasteiger partial charge in [0.05, 0.1) is 11.9 Å². The average molecular weight is 265 g/mol. The Morgan fingerprint density at radius 3 is 2.44 bits per heavy atom. The van der Waals surface area contributed by atoms with Crippen LogP contribution in [0.3, 0.4) is 0 Å². The third-order valence-electron chi connectivity index (χ3n) is 3.72. The molecule has 2 N–H and O–H groups in total. The third-order valence-corrected chi connectivity index (χ3v) is 3.97. The van der Waals surface area contributed by atoms with Crippen LogP contribution in [-0.4, -0.2) is 5.84 Å². The van der Waals surface area contributed by atoms with Crippen LogP contribution in [-0.2, 0) is 0 Å². The minimum Gasteiger partial charge on any atom is -0.387 e. The number of hydrogen-bond donors (Lipinski definition) is 1. The van der Waals surface area contributed by atoms with E-state index in [1.807, 2.05) is 24.3 Å². The molecule has 98 valence electrons. The SMILES string of the molecule is CC(N=C(N)C1CCCCC1)c1ccc(Cl)cc1. The van der Waals surface area contributed by atoms with Crippen molar-refractivity contribution < 1.29 is 0 Å². The Hall–Kier alpha value is -1.02. The van der Waals surface area contributed by atoms with Gasteiger partial charge in [-0.1, -0.05) is 43.0 Å². The molecule has 18 heavy (non-hydrogen) atoms. The highest BCUT2D eigenvalue weighted by Crippen LogP contribution is 2.26. The van der Waals surface area contributed by atoms with Crippen LogP contribution in [0.25, 0.3) is 0 Å². The summed E-state index contributed by atoms with van der Waals surface area (Å²) >= 11 is 5.88. The molecule has 1 saturated carbocycles. The van der Waals surface area contributed by atoms with Crippen LogP contribution in [0.4, 0.5) is 0 Å². The molecular weight excluding hydrogens is 244 g/mol. The monoisotopic (exact) mass is 264 g/mol. The van der Waals surface area contributed by atoms with E-state index in [0.29, 0.717) is 5.92 Å². The first kappa shape index (κ1) is 13.4. The number of hydrogen-bond acceptors (Lipinski definition) is 1. The van der Waals surface area contributed by atoms with E-state index in [9.17, 15) is 0 Å². The maximum atomic E-state index is 6.14. The third kappa shape index (κ3) is 3.49. The Labute approximate surface area is 114 Å². The van der Waals surface area contributed by atoms with Gasteiger partial charge in [0.2, 0.25) is 0 Å². The van der Waals surface area contributed by atoms with Crippen LogP contribution in [0.1, 0.15) is 50.6 Å². The van der Waals surface area contributed by atoms with E-state index in [4.69, 9.17) is 17.3 Å². The van der Waals surface area contributed by atoms with E-state index in [1.165, 1.54) is 32.1 Å². The maximum Gasteiger partial charge on any atom is 0.0975 e. The van der Waals surface area contributed by atoms with E-state index in [0.717, 1.165) is 16.4 Å². The van der Waals surface area contributed by atoms with Gasteiger partial charge in [0, 0.05) is 10.9 Å². The van der Waals surface area contributed by atoms with Gasteiger partial charge in [-0.25, -0.2) is 0 Å². The summed E-state index contributed by atoms with van der Waals surface area (Å²) in [6, 6.07) is 7.96. The standard InChI is InChI=1S/C15H21ClN2/c1-11(12-7-9-14(16)10-8-12)18-15(17)13-5-3-2-4-6-13/h7-11,13H,2-6H2,1H3,(H2,17,18). The van der Waals surface area contributed by atoms with E-state index < -0.39 is 0 Å². The molecule has 0 bridgehead atoms. The molecule has 2 rings (SSSR count). The Balaban J connectivity index is 2.04. The van der Waals surface area contributed by atoms with Crippen molar-refractivity contribution in [2.75, 3.05) is 0 Å². The summed E-state index contributed by atoms with van der Waals surface area (Å²) in [5, 5.41) is 0.759. The molecule has 1 aliphatic rings. The second kappa shape index (κ2) is 6.24. The van der Waals surface area contributed by atoms with Crippen LogP contribution >= 0.6 is 11.6 Å². The molecular formula is C15H21ClN2. The van der Waals surface area contributed by atoms with Crippen molar-refractivity contribution >= 4 is 17.4 Å². The fraction of sp³-hybridized carbons (Fsp3) is 0.533. The average Bonchev–Trinajstić information content (AvgIpc) is 2.40. The Morgan fingerprint density at radius 1 is 1.22 bits per heavy atom. The molecule has 1 fully saturated rings. The smallest absolute Gasteiger partial charge is 0.0975 e. The first-order valence-electron chi connectivity index (χ1n) is 6.75. The van der Waals surface area contributed by atoms with Crippen molar-refractivity contribution in [3.63, 3.8) is 0 Å². The highest BCUT2D eigenvalue weighted by atomic mass is 35.5. The second-order valence-corrected chi connectivity index (χ2v) is 5.55. The van der Waals surface area contributed by atoms with E-state index >= 15 is 0 Å². The summed E-state index contributed by atoms with van der Waals surface area (Å²) in [5.74, 6) is 1.32. The molecule has 0 amide bonds. The molecule has 2 nitrogen and oxygen atoms in total. The zero-order valence-electron chi connectivity index (χ0n) is 10.9. The summed E-state index contributed by atoms with van der Waals surface area (Å²) in [6.07, 6.45) is 6.31. The second-order valence-electron chi connectivity index (χ2n) is 5.12. The molecule has 0 spiro atoms. The summed E-state index contributed by atoms with van der Waals surface area (Å²) in [4.78, 5) is 4.65. The van der Waals surface area contributed by atoms with Gasteiger partial charge < -0.3 is 5.73 Å².